The highest BCUT2D eigenvalue weighted by molar-refractivity contribution is 7.89. The topological polar surface area (TPSA) is 109 Å². The van der Waals surface area contributed by atoms with Crippen molar-refractivity contribution in [2.45, 2.75) is 23.8 Å². The van der Waals surface area contributed by atoms with Gasteiger partial charge in [-0.05, 0) is 25.0 Å². The number of rotatable bonds is 4. The Kier molecular flexibility index (Phi) is 4.90. The van der Waals surface area contributed by atoms with Gasteiger partial charge in [0, 0.05) is 30.5 Å². The molecule has 0 radical (unpaired) electrons. The average molecular weight is 395 g/mol. The molecule has 3 aromatic rings. The average Bonchev–Trinajstić information content (AvgIpc) is 2.74. The molecule has 0 bridgehead atoms. The van der Waals surface area contributed by atoms with Crippen molar-refractivity contribution in [2.24, 2.45) is 0 Å². The van der Waals surface area contributed by atoms with Gasteiger partial charge >= 0.3 is 0 Å². The maximum Gasteiger partial charge on any atom is 0.251 e. The van der Waals surface area contributed by atoms with Crippen LogP contribution in [0.3, 0.4) is 0 Å². The number of para-hydroxylation sites is 1. The summed E-state index contributed by atoms with van der Waals surface area (Å²) in [5.41, 5.74) is 0.537. The minimum absolute atomic E-state index is 0.0840. The van der Waals surface area contributed by atoms with Gasteiger partial charge in [0.15, 0.2) is 0 Å². The first-order valence-corrected chi connectivity index (χ1v) is 10.3. The van der Waals surface area contributed by atoms with Crippen molar-refractivity contribution < 1.29 is 13.2 Å². The number of pyridine rings is 1. The van der Waals surface area contributed by atoms with E-state index in [0.29, 0.717) is 24.9 Å². The second-order valence-electron chi connectivity index (χ2n) is 6.40. The van der Waals surface area contributed by atoms with Gasteiger partial charge in [-0.15, -0.1) is 0 Å². The molecule has 0 saturated carbocycles. The Labute approximate surface area is 162 Å². The third kappa shape index (κ3) is 3.40. The Morgan fingerprint density at radius 3 is 2.79 bits per heavy atom. The third-order valence-electron chi connectivity index (χ3n) is 4.60. The van der Waals surface area contributed by atoms with E-state index in [1.807, 2.05) is 18.2 Å². The molecule has 0 spiro atoms. The van der Waals surface area contributed by atoms with Crippen molar-refractivity contribution in [3.05, 3.63) is 54.6 Å². The Bertz CT molecular complexity index is 1150. The molecule has 1 fully saturated rings. The molecule has 1 atom stereocenters. The number of hydrogen-bond acceptors (Lipinski definition) is 7. The molecule has 2 aromatic heterocycles. The van der Waals surface area contributed by atoms with Gasteiger partial charge in [0.2, 0.25) is 15.7 Å². The summed E-state index contributed by atoms with van der Waals surface area (Å²) in [7, 11) is -3.74. The zero-order chi connectivity index (χ0) is 19.6. The number of benzene rings is 1. The normalized spacial score (nSPS) is 17.9. The van der Waals surface area contributed by atoms with Crippen LogP contribution < -0.4 is 4.74 Å². The zero-order valence-electron chi connectivity index (χ0n) is 14.9. The molecule has 8 nitrogen and oxygen atoms in total. The standard InChI is InChI=1S/C19H17N5O3S/c20-12-16-19(23-10-9-21-16)27-15-6-3-11-24(13-15)28(25,26)17-7-1-4-14-5-2-8-22-18(14)17/h1-2,4-5,7-10,15H,3,6,11,13H2/t15-/m1/s1. The van der Waals surface area contributed by atoms with Gasteiger partial charge in [0.25, 0.3) is 5.88 Å². The molecule has 3 heterocycles. The predicted octanol–water partition coefficient (Wildman–Crippen LogP) is 2.13. The monoisotopic (exact) mass is 395 g/mol. The van der Waals surface area contributed by atoms with Crippen molar-refractivity contribution in [2.75, 3.05) is 13.1 Å². The molecule has 1 aliphatic rings. The van der Waals surface area contributed by atoms with Gasteiger partial charge in [0.1, 0.15) is 17.1 Å². The van der Waals surface area contributed by atoms with Crippen molar-refractivity contribution in [1.29, 1.82) is 5.26 Å². The van der Waals surface area contributed by atoms with Gasteiger partial charge < -0.3 is 4.74 Å². The van der Waals surface area contributed by atoms with Crippen LogP contribution in [0.4, 0.5) is 0 Å². The zero-order valence-corrected chi connectivity index (χ0v) is 15.7. The lowest BCUT2D eigenvalue weighted by molar-refractivity contribution is 0.124. The summed E-state index contributed by atoms with van der Waals surface area (Å²) in [6.07, 6.45) is 5.34. The molecule has 0 unspecified atom stereocenters. The van der Waals surface area contributed by atoms with E-state index in [2.05, 4.69) is 15.0 Å². The van der Waals surface area contributed by atoms with Crippen LogP contribution in [0.25, 0.3) is 10.9 Å². The van der Waals surface area contributed by atoms with Crippen LogP contribution in [-0.4, -0.2) is 46.9 Å². The van der Waals surface area contributed by atoms with E-state index in [1.54, 1.807) is 24.4 Å². The van der Waals surface area contributed by atoms with Crippen molar-refractivity contribution in [3.8, 4) is 11.9 Å². The molecular formula is C19H17N5O3S. The first kappa shape index (κ1) is 18.3. The maximum atomic E-state index is 13.3. The van der Waals surface area contributed by atoms with E-state index in [4.69, 9.17) is 10.00 Å². The molecule has 0 N–H and O–H groups in total. The van der Waals surface area contributed by atoms with Gasteiger partial charge in [-0.2, -0.15) is 9.57 Å². The smallest absolute Gasteiger partial charge is 0.251 e. The lowest BCUT2D eigenvalue weighted by atomic mass is 10.1. The molecule has 1 saturated heterocycles. The summed E-state index contributed by atoms with van der Waals surface area (Å²) in [5, 5.41) is 9.90. The summed E-state index contributed by atoms with van der Waals surface area (Å²) in [6, 6.07) is 10.7. The Morgan fingerprint density at radius 1 is 1.11 bits per heavy atom. The molecule has 0 aliphatic carbocycles. The van der Waals surface area contributed by atoms with E-state index < -0.39 is 16.1 Å². The lowest BCUT2D eigenvalue weighted by Gasteiger charge is -2.32. The largest absolute Gasteiger partial charge is 0.471 e. The van der Waals surface area contributed by atoms with Gasteiger partial charge in [-0.1, -0.05) is 18.2 Å². The summed E-state index contributed by atoms with van der Waals surface area (Å²) < 4.78 is 33.8. The second-order valence-corrected chi connectivity index (χ2v) is 8.30. The van der Waals surface area contributed by atoms with E-state index in [0.717, 1.165) is 5.39 Å². The number of nitriles is 1. The highest BCUT2D eigenvalue weighted by atomic mass is 32.2. The van der Waals surface area contributed by atoms with Gasteiger partial charge in [0.05, 0.1) is 12.1 Å². The molecular weight excluding hydrogens is 378 g/mol. The highest BCUT2D eigenvalue weighted by Crippen LogP contribution is 2.27. The third-order valence-corrected chi connectivity index (χ3v) is 6.50. The fraction of sp³-hybridized carbons (Fsp3) is 0.263. The van der Waals surface area contributed by atoms with Crippen LogP contribution in [-0.2, 0) is 10.0 Å². The van der Waals surface area contributed by atoms with Gasteiger partial charge in [-0.3, -0.25) is 4.98 Å². The molecule has 1 aromatic carbocycles. The van der Waals surface area contributed by atoms with Crippen molar-refractivity contribution in [3.63, 3.8) is 0 Å². The van der Waals surface area contributed by atoms with Crippen LogP contribution >= 0.6 is 0 Å². The summed E-state index contributed by atoms with van der Waals surface area (Å²) >= 11 is 0. The van der Waals surface area contributed by atoms with Crippen LogP contribution in [0.1, 0.15) is 18.5 Å². The highest BCUT2D eigenvalue weighted by Gasteiger charge is 2.33. The summed E-state index contributed by atoms with van der Waals surface area (Å²) in [5.74, 6) is 0.126. The number of nitrogens with zero attached hydrogens (tertiary/aromatic N) is 5. The number of ether oxygens (including phenoxy) is 1. The minimum Gasteiger partial charge on any atom is -0.471 e. The number of hydrogen-bond donors (Lipinski definition) is 0. The van der Waals surface area contributed by atoms with E-state index >= 15 is 0 Å². The summed E-state index contributed by atoms with van der Waals surface area (Å²) in [4.78, 5) is 12.4. The summed E-state index contributed by atoms with van der Waals surface area (Å²) in [6.45, 7) is 0.573. The Morgan fingerprint density at radius 2 is 1.93 bits per heavy atom. The fourth-order valence-corrected chi connectivity index (χ4v) is 4.96. The van der Waals surface area contributed by atoms with Crippen LogP contribution in [0.15, 0.2) is 53.8 Å². The first-order valence-electron chi connectivity index (χ1n) is 8.81. The van der Waals surface area contributed by atoms with Crippen molar-refractivity contribution >= 4 is 20.9 Å². The number of sulfonamides is 1. The minimum atomic E-state index is -3.74. The number of aromatic nitrogens is 3. The van der Waals surface area contributed by atoms with Crippen LogP contribution in [0.5, 0.6) is 5.88 Å². The number of piperidine rings is 1. The van der Waals surface area contributed by atoms with Crippen LogP contribution in [0, 0.1) is 11.3 Å². The SMILES string of the molecule is N#Cc1nccnc1O[C@@H]1CCCN(S(=O)(=O)c2cccc3cccnc23)C1. The molecule has 4 rings (SSSR count). The Hall–Kier alpha value is -3.09. The number of fused-ring (bicyclic) bond motifs is 1. The van der Waals surface area contributed by atoms with E-state index in [9.17, 15) is 8.42 Å². The lowest BCUT2D eigenvalue weighted by Crippen LogP contribution is -2.44. The maximum absolute atomic E-state index is 13.3. The molecule has 142 valence electrons. The van der Waals surface area contributed by atoms with Gasteiger partial charge in [-0.25, -0.2) is 18.4 Å². The Balaban J connectivity index is 1.61. The molecule has 1 aliphatic heterocycles. The van der Waals surface area contributed by atoms with E-state index in [1.165, 1.54) is 16.7 Å². The quantitative estimate of drug-likeness (QED) is 0.665. The van der Waals surface area contributed by atoms with Crippen LogP contribution in [0.2, 0.25) is 0 Å². The predicted molar refractivity (Wildman–Crippen MR) is 101 cm³/mol. The second kappa shape index (κ2) is 7.50. The molecule has 0 amide bonds. The molecule has 28 heavy (non-hydrogen) atoms. The fourth-order valence-electron chi connectivity index (χ4n) is 3.29. The van der Waals surface area contributed by atoms with E-state index in [-0.39, 0.29) is 23.0 Å². The van der Waals surface area contributed by atoms with Crippen molar-refractivity contribution in [1.82, 2.24) is 19.3 Å². The molecule has 9 heteroatoms. The first-order chi connectivity index (χ1) is 13.6.